The van der Waals surface area contributed by atoms with Crippen LogP contribution in [0.25, 0.3) is 0 Å². The molecule has 1 N–H and O–H groups in total. The maximum atomic E-state index is 5.11. The fourth-order valence-corrected chi connectivity index (χ4v) is 2.09. The van der Waals surface area contributed by atoms with Crippen LogP contribution < -0.4 is 5.32 Å². The SMILES string of the molecule is CCNC(CCSC)C(C)CCOC. The highest BCUT2D eigenvalue weighted by Gasteiger charge is 2.15. The standard InChI is InChI=1S/C11H25NOS/c1-5-12-11(7-9-14-4)10(2)6-8-13-3/h10-12H,5-9H2,1-4H3. The third kappa shape index (κ3) is 6.68. The summed E-state index contributed by atoms with van der Waals surface area (Å²) in [5.41, 5.74) is 0. The number of rotatable bonds is 9. The Morgan fingerprint density at radius 3 is 2.57 bits per heavy atom. The van der Waals surface area contributed by atoms with Gasteiger partial charge in [0.05, 0.1) is 0 Å². The van der Waals surface area contributed by atoms with Crippen LogP contribution in [0.1, 0.15) is 26.7 Å². The summed E-state index contributed by atoms with van der Waals surface area (Å²) in [6.07, 6.45) is 4.59. The second-order valence-electron chi connectivity index (χ2n) is 3.70. The molecular weight excluding hydrogens is 194 g/mol. The van der Waals surface area contributed by atoms with Gasteiger partial charge in [0.2, 0.25) is 0 Å². The first-order chi connectivity index (χ1) is 6.76. The Bertz CT molecular complexity index is 122. The Labute approximate surface area is 93.2 Å². The maximum Gasteiger partial charge on any atom is 0.0465 e. The van der Waals surface area contributed by atoms with E-state index in [1.54, 1.807) is 7.11 Å². The van der Waals surface area contributed by atoms with Crippen LogP contribution in [0.2, 0.25) is 0 Å². The van der Waals surface area contributed by atoms with Crippen LogP contribution in [0.3, 0.4) is 0 Å². The molecule has 3 heteroatoms. The molecule has 14 heavy (non-hydrogen) atoms. The van der Waals surface area contributed by atoms with Crippen molar-refractivity contribution in [2.24, 2.45) is 5.92 Å². The van der Waals surface area contributed by atoms with E-state index < -0.39 is 0 Å². The van der Waals surface area contributed by atoms with Gasteiger partial charge in [0.25, 0.3) is 0 Å². The van der Waals surface area contributed by atoms with Crippen molar-refractivity contribution in [3.8, 4) is 0 Å². The van der Waals surface area contributed by atoms with Gasteiger partial charge in [-0.25, -0.2) is 0 Å². The molecule has 0 spiro atoms. The van der Waals surface area contributed by atoms with Gasteiger partial charge in [-0.15, -0.1) is 0 Å². The number of nitrogens with one attached hydrogen (secondary N) is 1. The molecule has 0 heterocycles. The van der Waals surface area contributed by atoms with Crippen LogP contribution in [-0.4, -0.2) is 38.3 Å². The van der Waals surface area contributed by atoms with E-state index in [-0.39, 0.29) is 0 Å². The molecule has 0 aliphatic rings. The average molecular weight is 219 g/mol. The molecule has 0 aromatic rings. The molecule has 0 aliphatic carbocycles. The highest BCUT2D eigenvalue weighted by atomic mass is 32.2. The van der Waals surface area contributed by atoms with Crippen LogP contribution in [0.5, 0.6) is 0 Å². The second-order valence-corrected chi connectivity index (χ2v) is 4.69. The molecule has 0 fully saturated rings. The highest BCUT2D eigenvalue weighted by molar-refractivity contribution is 7.98. The lowest BCUT2D eigenvalue weighted by Crippen LogP contribution is -2.35. The molecular formula is C11H25NOS. The summed E-state index contributed by atoms with van der Waals surface area (Å²) in [4.78, 5) is 0. The van der Waals surface area contributed by atoms with Gasteiger partial charge in [-0.2, -0.15) is 11.8 Å². The monoisotopic (exact) mass is 219 g/mol. The van der Waals surface area contributed by atoms with Gasteiger partial charge in [-0.05, 0) is 37.3 Å². The van der Waals surface area contributed by atoms with Gasteiger partial charge in [-0.1, -0.05) is 13.8 Å². The fourth-order valence-electron chi connectivity index (χ4n) is 1.60. The van der Waals surface area contributed by atoms with Crippen LogP contribution >= 0.6 is 11.8 Å². The van der Waals surface area contributed by atoms with Gasteiger partial charge in [-0.3, -0.25) is 0 Å². The van der Waals surface area contributed by atoms with E-state index in [4.69, 9.17) is 4.74 Å². The minimum Gasteiger partial charge on any atom is -0.385 e. The first-order valence-electron chi connectivity index (χ1n) is 5.47. The molecule has 0 aromatic heterocycles. The normalized spacial score (nSPS) is 15.4. The van der Waals surface area contributed by atoms with E-state index >= 15 is 0 Å². The van der Waals surface area contributed by atoms with Crippen molar-refractivity contribution in [1.82, 2.24) is 5.32 Å². The van der Waals surface area contributed by atoms with Crippen LogP contribution in [0.15, 0.2) is 0 Å². The molecule has 0 bridgehead atoms. The number of ether oxygens (including phenoxy) is 1. The number of hydrogen-bond donors (Lipinski definition) is 1. The number of hydrogen-bond acceptors (Lipinski definition) is 3. The summed E-state index contributed by atoms with van der Waals surface area (Å²) in [6.45, 7) is 6.43. The van der Waals surface area contributed by atoms with E-state index in [9.17, 15) is 0 Å². The lowest BCUT2D eigenvalue weighted by atomic mass is 9.96. The minimum absolute atomic E-state index is 0.655. The summed E-state index contributed by atoms with van der Waals surface area (Å²) in [5.74, 6) is 1.96. The predicted octanol–water partition coefficient (Wildman–Crippen LogP) is 2.39. The third-order valence-corrected chi connectivity index (χ3v) is 3.21. The van der Waals surface area contributed by atoms with Crippen molar-refractivity contribution < 1.29 is 4.74 Å². The molecule has 0 radical (unpaired) electrons. The van der Waals surface area contributed by atoms with Crippen molar-refractivity contribution in [3.63, 3.8) is 0 Å². The van der Waals surface area contributed by atoms with Gasteiger partial charge in [0, 0.05) is 19.8 Å². The average Bonchev–Trinajstić information content (AvgIpc) is 2.20. The molecule has 2 atom stereocenters. The third-order valence-electron chi connectivity index (χ3n) is 2.56. The molecule has 2 nitrogen and oxygen atoms in total. The zero-order valence-electron chi connectivity index (χ0n) is 10.0. The smallest absolute Gasteiger partial charge is 0.0465 e. The van der Waals surface area contributed by atoms with Gasteiger partial charge in [0.1, 0.15) is 0 Å². The second kappa shape index (κ2) is 9.81. The minimum atomic E-state index is 0.655. The molecule has 0 aromatic carbocycles. The summed E-state index contributed by atoms with van der Waals surface area (Å²) in [5, 5.41) is 3.56. The van der Waals surface area contributed by atoms with Gasteiger partial charge in [0.15, 0.2) is 0 Å². The largest absolute Gasteiger partial charge is 0.385 e. The molecule has 0 amide bonds. The molecule has 0 saturated heterocycles. The van der Waals surface area contributed by atoms with Crippen LogP contribution in [0, 0.1) is 5.92 Å². The molecule has 86 valence electrons. The van der Waals surface area contributed by atoms with E-state index in [1.165, 1.54) is 12.2 Å². The zero-order valence-corrected chi connectivity index (χ0v) is 10.8. The first-order valence-corrected chi connectivity index (χ1v) is 6.86. The molecule has 2 unspecified atom stereocenters. The maximum absolute atomic E-state index is 5.11. The Kier molecular flexibility index (Phi) is 10.0. The predicted molar refractivity (Wildman–Crippen MR) is 66.1 cm³/mol. The highest BCUT2D eigenvalue weighted by Crippen LogP contribution is 2.13. The van der Waals surface area contributed by atoms with Crippen molar-refractivity contribution in [2.75, 3.05) is 32.3 Å². The zero-order chi connectivity index (χ0) is 10.8. The van der Waals surface area contributed by atoms with Crippen molar-refractivity contribution >= 4 is 11.8 Å². The molecule has 0 rings (SSSR count). The Hall–Kier alpha value is 0.270. The Morgan fingerprint density at radius 2 is 2.07 bits per heavy atom. The van der Waals surface area contributed by atoms with Crippen LogP contribution in [0.4, 0.5) is 0 Å². The lowest BCUT2D eigenvalue weighted by Gasteiger charge is -2.24. The van der Waals surface area contributed by atoms with E-state index in [0.717, 1.165) is 19.6 Å². The summed E-state index contributed by atoms with van der Waals surface area (Å²) >= 11 is 1.93. The van der Waals surface area contributed by atoms with Crippen molar-refractivity contribution in [3.05, 3.63) is 0 Å². The number of methoxy groups -OCH3 is 1. The number of thioether (sulfide) groups is 1. The summed E-state index contributed by atoms with van der Waals surface area (Å²) in [6, 6.07) is 0.655. The van der Waals surface area contributed by atoms with E-state index in [2.05, 4.69) is 25.4 Å². The summed E-state index contributed by atoms with van der Waals surface area (Å²) in [7, 11) is 1.77. The lowest BCUT2D eigenvalue weighted by molar-refractivity contribution is 0.169. The van der Waals surface area contributed by atoms with E-state index in [1.807, 2.05) is 11.8 Å². The Morgan fingerprint density at radius 1 is 1.36 bits per heavy atom. The van der Waals surface area contributed by atoms with Crippen LogP contribution in [-0.2, 0) is 4.74 Å². The molecule has 0 saturated carbocycles. The first kappa shape index (κ1) is 14.3. The van der Waals surface area contributed by atoms with Crippen molar-refractivity contribution in [2.45, 2.75) is 32.7 Å². The molecule has 0 aliphatic heterocycles. The quantitative estimate of drug-likeness (QED) is 0.643. The Balaban J connectivity index is 3.77. The summed E-state index contributed by atoms with van der Waals surface area (Å²) < 4.78 is 5.11. The topological polar surface area (TPSA) is 21.3 Å². The van der Waals surface area contributed by atoms with Gasteiger partial charge < -0.3 is 10.1 Å². The van der Waals surface area contributed by atoms with E-state index in [0.29, 0.717) is 12.0 Å². The fraction of sp³-hybridized carbons (Fsp3) is 1.00. The van der Waals surface area contributed by atoms with Crippen molar-refractivity contribution in [1.29, 1.82) is 0 Å². The van der Waals surface area contributed by atoms with Gasteiger partial charge >= 0.3 is 0 Å².